The second kappa shape index (κ2) is 6.19. The van der Waals surface area contributed by atoms with E-state index in [2.05, 4.69) is 9.88 Å². The zero-order valence-corrected chi connectivity index (χ0v) is 13.6. The fourth-order valence-corrected chi connectivity index (χ4v) is 3.78. The summed E-state index contributed by atoms with van der Waals surface area (Å²) >= 11 is 0. The van der Waals surface area contributed by atoms with Crippen LogP contribution in [0.3, 0.4) is 0 Å². The summed E-state index contributed by atoms with van der Waals surface area (Å²) < 4.78 is 0. The Bertz CT molecular complexity index is 762. The lowest BCUT2D eigenvalue weighted by Crippen LogP contribution is -2.24. The quantitative estimate of drug-likeness (QED) is 0.926. The van der Waals surface area contributed by atoms with Gasteiger partial charge in [0.25, 0.3) is 0 Å². The first kappa shape index (κ1) is 15.1. The first-order valence-electron chi connectivity index (χ1n) is 8.54. The third-order valence-electron chi connectivity index (χ3n) is 4.93. The normalized spacial score (nSPS) is 19.5. The minimum absolute atomic E-state index is 0.216. The highest BCUT2D eigenvalue weighted by molar-refractivity contribution is 5.74. The molecule has 2 aromatic rings. The molecule has 1 aliphatic carbocycles. The minimum Gasteiger partial charge on any atom is -0.370 e. The highest BCUT2D eigenvalue weighted by Gasteiger charge is 2.29. The molecular formula is C18H21N5O. The molecule has 2 N–H and O–H groups in total. The Morgan fingerprint density at radius 2 is 2.08 bits per heavy atom. The van der Waals surface area contributed by atoms with E-state index in [1.165, 1.54) is 11.3 Å². The second-order valence-electron chi connectivity index (χ2n) is 6.66. The van der Waals surface area contributed by atoms with Gasteiger partial charge >= 0.3 is 0 Å². The van der Waals surface area contributed by atoms with E-state index >= 15 is 0 Å². The molecule has 0 radical (unpaired) electrons. The molecule has 6 nitrogen and oxygen atoms in total. The van der Waals surface area contributed by atoms with Crippen molar-refractivity contribution < 1.29 is 4.79 Å². The smallest absolute Gasteiger partial charge is 0.217 e. The molecule has 1 aliphatic heterocycles. The van der Waals surface area contributed by atoms with Crippen molar-refractivity contribution in [1.29, 1.82) is 0 Å². The Kier molecular flexibility index (Phi) is 3.88. The average Bonchev–Trinajstić information content (AvgIpc) is 3.23. The molecule has 1 amide bonds. The van der Waals surface area contributed by atoms with Gasteiger partial charge in [0.1, 0.15) is 5.82 Å². The van der Waals surface area contributed by atoms with Crippen LogP contribution in [0.4, 0.5) is 5.82 Å². The maximum absolute atomic E-state index is 11.2. The summed E-state index contributed by atoms with van der Waals surface area (Å²) in [5.41, 5.74) is 8.81. The molecule has 1 fully saturated rings. The average molecular weight is 323 g/mol. The van der Waals surface area contributed by atoms with Gasteiger partial charge < -0.3 is 10.6 Å². The Balaban J connectivity index is 1.68. The molecule has 4 rings (SSSR count). The zero-order chi connectivity index (χ0) is 16.5. The number of hydrogen-bond donors (Lipinski definition) is 1. The highest BCUT2D eigenvalue weighted by atomic mass is 16.1. The van der Waals surface area contributed by atoms with E-state index in [4.69, 9.17) is 15.7 Å². The van der Waals surface area contributed by atoms with E-state index in [1.54, 1.807) is 12.4 Å². The lowest BCUT2D eigenvalue weighted by molar-refractivity contribution is -0.118. The third kappa shape index (κ3) is 2.84. The molecule has 3 heterocycles. The number of primary amides is 1. The van der Waals surface area contributed by atoms with Gasteiger partial charge in [-0.2, -0.15) is 0 Å². The van der Waals surface area contributed by atoms with Gasteiger partial charge in [-0.15, -0.1) is 0 Å². The molecular weight excluding hydrogens is 302 g/mol. The number of fused-ring (bicyclic) bond motifs is 1. The highest BCUT2D eigenvalue weighted by Crippen LogP contribution is 2.34. The van der Waals surface area contributed by atoms with Crippen molar-refractivity contribution in [3.8, 4) is 11.4 Å². The molecule has 24 heavy (non-hydrogen) atoms. The van der Waals surface area contributed by atoms with Gasteiger partial charge in [0.05, 0.1) is 0 Å². The van der Waals surface area contributed by atoms with E-state index in [-0.39, 0.29) is 5.91 Å². The number of rotatable bonds is 4. The predicted octanol–water partition coefficient (Wildman–Crippen LogP) is 1.73. The monoisotopic (exact) mass is 323 g/mol. The summed E-state index contributed by atoms with van der Waals surface area (Å²) in [6, 6.07) is 3.89. The van der Waals surface area contributed by atoms with Crippen LogP contribution in [0.15, 0.2) is 24.5 Å². The topological polar surface area (TPSA) is 85.0 Å². The van der Waals surface area contributed by atoms with E-state index < -0.39 is 0 Å². The van der Waals surface area contributed by atoms with Crippen LogP contribution in [0.2, 0.25) is 0 Å². The number of anilines is 1. The number of hydrogen-bond acceptors (Lipinski definition) is 5. The van der Waals surface area contributed by atoms with E-state index in [0.29, 0.717) is 12.3 Å². The molecule has 0 aromatic carbocycles. The van der Waals surface area contributed by atoms with Crippen molar-refractivity contribution in [3.63, 3.8) is 0 Å². The summed E-state index contributed by atoms with van der Waals surface area (Å²) in [6.45, 7) is 1.78. The Morgan fingerprint density at radius 3 is 2.88 bits per heavy atom. The van der Waals surface area contributed by atoms with Crippen molar-refractivity contribution in [3.05, 3.63) is 35.8 Å². The molecule has 124 valence electrons. The summed E-state index contributed by atoms with van der Waals surface area (Å²) in [5.74, 6) is 1.94. The van der Waals surface area contributed by atoms with Gasteiger partial charge in [-0.1, -0.05) is 0 Å². The van der Waals surface area contributed by atoms with Gasteiger partial charge in [0, 0.05) is 48.7 Å². The first-order chi connectivity index (χ1) is 11.7. The van der Waals surface area contributed by atoms with Crippen LogP contribution in [-0.4, -0.2) is 33.9 Å². The summed E-state index contributed by atoms with van der Waals surface area (Å²) in [4.78, 5) is 27.2. The largest absolute Gasteiger partial charge is 0.370 e. The van der Waals surface area contributed by atoms with Crippen molar-refractivity contribution in [1.82, 2.24) is 15.0 Å². The number of pyridine rings is 1. The fraction of sp³-hybridized carbons (Fsp3) is 0.444. The van der Waals surface area contributed by atoms with E-state index in [1.807, 2.05) is 12.1 Å². The van der Waals surface area contributed by atoms with Gasteiger partial charge in [-0.05, 0) is 43.7 Å². The number of aryl methyl sites for hydroxylation is 1. The Labute approximate surface area is 141 Å². The number of carbonyl (C=O) groups is 1. The van der Waals surface area contributed by atoms with E-state index in [0.717, 1.165) is 56.0 Å². The van der Waals surface area contributed by atoms with Gasteiger partial charge in [0.2, 0.25) is 5.91 Å². The zero-order valence-electron chi connectivity index (χ0n) is 13.6. The molecule has 1 saturated heterocycles. The van der Waals surface area contributed by atoms with Crippen molar-refractivity contribution in [2.45, 2.75) is 32.1 Å². The van der Waals surface area contributed by atoms with Crippen molar-refractivity contribution >= 4 is 11.7 Å². The number of nitrogens with two attached hydrogens (primary N) is 1. The van der Waals surface area contributed by atoms with Crippen molar-refractivity contribution in [2.75, 3.05) is 18.0 Å². The maximum atomic E-state index is 11.2. The molecule has 1 unspecified atom stereocenters. The van der Waals surface area contributed by atoms with Gasteiger partial charge in [-0.3, -0.25) is 9.78 Å². The van der Waals surface area contributed by atoms with Crippen LogP contribution in [0, 0.1) is 5.92 Å². The summed E-state index contributed by atoms with van der Waals surface area (Å²) in [6.07, 6.45) is 8.18. The Hall–Kier alpha value is -2.50. The number of carbonyl (C=O) groups excluding carboxylic acids is 1. The first-order valence-corrected chi connectivity index (χ1v) is 8.54. The van der Waals surface area contributed by atoms with Crippen LogP contribution in [0.5, 0.6) is 0 Å². The molecule has 6 heteroatoms. The molecule has 2 aromatic heterocycles. The maximum Gasteiger partial charge on any atom is 0.217 e. The summed E-state index contributed by atoms with van der Waals surface area (Å²) in [5, 5.41) is 0. The molecule has 1 atom stereocenters. The number of aromatic nitrogens is 3. The lowest BCUT2D eigenvalue weighted by Gasteiger charge is -2.21. The summed E-state index contributed by atoms with van der Waals surface area (Å²) in [7, 11) is 0. The molecule has 0 saturated carbocycles. The fourth-order valence-electron chi connectivity index (χ4n) is 3.78. The minimum atomic E-state index is -0.216. The second-order valence-corrected chi connectivity index (χ2v) is 6.66. The van der Waals surface area contributed by atoms with Crippen LogP contribution in [0.25, 0.3) is 11.4 Å². The lowest BCUT2D eigenvalue weighted by atomic mass is 10.1. The van der Waals surface area contributed by atoms with Gasteiger partial charge in [0.15, 0.2) is 5.82 Å². The van der Waals surface area contributed by atoms with Gasteiger partial charge in [-0.25, -0.2) is 9.97 Å². The van der Waals surface area contributed by atoms with Crippen molar-refractivity contribution in [2.24, 2.45) is 11.7 Å². The number of amides is 1. The molecule has 0 spiro atoms. The predicted molar refractivity (Wildman–Crippen MR) is 91.4 cm³/mol. The van der Waals surface area contributed by atoms with E-state index in [9.17, 15) is 4.79 Å². The SMILES string of the molecule is NC(=O)CC1CCN(c2nc(-c3ccncc3)nc3c2CCC3)C1. The molecule has 2 aliphatic rings. The molecule has 0 bridgehead atoms. The Morgan fingerprint density at radius 1 is 1.25 bits per heavy atom. The van der Waals surface area contributed by atoms with Crippen LogP contribution in [-0.2, 0) is 17.6 Å². The number of nitrogens with zero attached hydrogens (tertiary/aromatic N) is 4. The standard InChI is InChI=1S/C18H21N5O/c19-16(24)10-12-6-9-23(11-12)18-14-2-1-3-15(14)21-17(22-18)13-4-7-20-8-5-13/h4-5,7-8,12H,1-3,6,9-11H2,(H2,19,24). The van der Waals surface area contributed by atoms with Crippen LogP contribution in [0.1, 0.15) is 30.5 Å². The third-order valence-corrected chi connectivity index (χ3v) is 4.93. The van der Waals surface area contributed by atoms with Crippen LogP contribution >= 0.6 is 0 Å². The van der Waals surface area contributed by atoms with Crippen LogP contribution < -0.4 is 10.6 Å².